The van der Waals surface area contributed by atoms with Crippen LogP contribution in [0, 0.1) is 5.82 Å². The third-order valence-electron chi connectivity index (χ3n) is 3.80. The fourth-order valence-corrected chi connectivity index (χ4v) is 2.55. The molecule has 0 aromatic heterocycles. The number of rotatable bonds is 4. The van der Waals surface area contributed by atoms with Gasteiger partial charge < -0.3 is 15.1 Å². The van der Waals surface area contributed by atoms with Gasteiger partial charge in [-0.1, -0.05) is 13.0 Å². The van der Waals surface area contributed by atoms with E-state index in [0.717, 1.165) is 32.5 Å². The number of likely N-dealkylation sites (N-methyl/N-ethyl adjacent to an activating group) is 1. The Labute approximate surface area is 125 Å². The molecule has 1 aromatic rings. The van der Waals surface area contributed by atoms with Crippen LogP contribution in [0.3, 0.4) is 0 Å². The van der Waals surface area contributed by atoms with Gasteiger partial charge in [0.15, 0.2) is 0 Å². The monoisotopic (exact) mass is 293 g/mol. The van der Waals surface area contributed by atoms with E-state index in [4.69, 9.17) is 0 Å². The SMILES string of the molecule is CCCNc1c(F)cccc1C(=O)N1CCCN(C)CC1. The zero-order valence-corrected chi connectivity index (χ0v) is 12.9. The molecule has 0 saturated carbocycles. The lowest BCUT2D eigenvalue weighted by molar-refractivity contribution is 0.0763. The van der Waals surface area contributed by atoms with Crippen LogP contribution in [0.25, 0.3) is 0 Å². The second-order valence-corrected chi connectivity index (χ2v) is 5.54. The molecule has 1 fully saturated rings. The third kappa shape index (κ3) is 3.94. The highest BCUT2D eigenvalue weighted by Gasteiger charge is 2.22. The third-order valence-corrected chi connectivity index (χ3v) is 3.80. The molecule has 0 aliphatic carbocycles. The molecule has 0 unspecified atom stereocenters. The first-order chi connectivity index (χ1) is 10.1. The largest absolute Gasteiger partial charge is 0.382 e. The highest BCUT2D eigenvalue weighted by molar-refractivity contribution is 5.99. The molecule has 2 rings (SSSR count). The molecule has 0 atom stereocenters. The van der Waals surface area contributed by atoms with Crippen molar-refractivity contribution >= 4 is 11.6 Å². The van der Waals surface area contributed by atoms with Gasteiger partial charge in [-0.3, -0.25) is 4.79 Å². The quantitative estimate of drug-likeness (QED) is 0.926. The molecule has 4 nitrogen and oxygen atoms in total. The van der Waals surface area contributed by atoms with Gasteiger partial charge in [0.2, 0.25) is 0 Å². The maximum absolute atomic E-state index is 14.0. The smallest absolute Gasteiger partial charge is 0.256 e. The first-order valence-corrected chi connectivity index (χ1v) is 7.63. The Hall–Kier alpha value is -1.62. The van der Waals surface area contributed by atoms with Crippen LogP contribution >= 0.6 is 0 Å². The highest BCUT2D eigenvalue weighted by Crippen LogP contribution is 2.22. The zero-order chi connectivity index (χ0) is 15.2. The van der Waals surface area contributed by atoms with Crippen molar-refractivity contribution in [3.63, 3.8) is 0 Å². The molecule has 1 saturated heterocycles. The first-order valence-electron chi connectivity index (χ1n) is 7.63. The van der Waals surface area contributed by atoms with Crippen LogP contribution in [0.5, 0.6) is 0 Å². The molecule has 1 aliphatic rings. The summed E-state index contributed by atoms with van der Waals surface area (Å²) < 4.78 is 14.0. The van der Waals surface area contributed by atoms with E-state index in [1.54, 1.807) is 12.1 Å². The average molecular weight is 293 g/mol. The lowest BCUT2D eigenvalue weighted by Gasteiger charge is -2.22. The molecule has 1 heterocycles. The Morgan fingerprint density at radius 3 is 2.86 bits per heavy atom. The van der Waals surface area contributed by atoms with Gasteiger partial charge in [0.1, 0.15) is 5.82 Å². The van der Waals surface area contributed by atoms with Gasteiger partial charge in [-0.05, 0) is 38.6 Å². The molecule has 5 heteroatoms. The average Bonchev–Trinajstić information content (AvgIpc) is 2.70. The predicted octanol–water partition coefficient (Wildman–Crippen LogP) is 2.43. The van der Waals surface area contributed by atoms with Crippen LogP contribution in [-0.4, -0.2) is 55.5 Å². The molecule has 1 N–H and O–H groups in total. The molecular formula is C16H24FN3O. The predicted molar refractivity (Wildman–Crippen MR) is 83.2 cm³/mol. The maximum Gasteiger partial charge on any atom is 0.256 e. The number of hydrogen-bond acceptors (Lipinski definition) is 3. The van der Waals surface area contributed by atoms with Gasteiger partial charge in [0.25, 0.3) is 5.91 Å². The number of carbonyl (C=O) groups is 1. The van der Waals surface area contributed by atoms with Gasteiger partial charge >= 0.3 is 0 Å². The Balaban J connectivity index is 2.19. The standard InChI is InChI=1S/C16H24FN3O/c1-3-8-18-15-13(6-4-7-14(15)17)16(21)20-10-5-9-19(2)11-12-20/h4,6-7,18H,3,5,8-12H2,1-2H3. The Morgan fingerprint density at radius 1 is 1.29 bits per heavy atom. The van der Waals surface area contributed by atoms with Gasteiger partial charge in [-0.25, -0.2) is 4.39 Å². The fraction of sp³-hybridized carbons (Fsp3) is 0.562. The minimum absolute atomic E-state index is 0.0802. The second-order valence-electron chi connectivity index (χ2n) is 5.54. The van der Waals surface area contributed by atoms with Gasteiger partial charge in [0, 0.05) is 26.2 Å². The van der Waals surface area contributed by atoms with E-state index >= 15 is 0 Å². The number of benzene rings is 1. The molecule has 1 aliphatic heterocycles. The topological polar surface area (TPSA) is 35.6 Å². The van der Waals surface area contributed by atoms with E-state index in [1.165, 1.54) is 6.07 Å². The highest BCUT2D eigenvalue weighted by atomic mass is 19.1. The summed E-state index contributed by atoms with van der Waals surface area (Å²) in [6.07, 6.45) is 1.84. The number of carbonyl (C=O) groups excluding carboxylic acids is 1. The summed E-state index contributed by atoms with van der Waals surface area (Å²) in [5.74, 6) is -0.440. The summed E-state index contributed by atoms with van der Waals surface area (Å²) in [6.45, 7) is 5.95. The van der Waals surface area contributed by atoms with E-state index < -0.39 is 0 Å². The number of anilines is 1. The number of para-hydroxylation sites is 1. The molecule has 1 aromatic carbocycles. The summed E-state index contributed by atoms with van der Waals surface area (Å²) in [6, 6.07) is 4.70. The fourth-order valence-electron chi connectivity index (χ4n) is 2.55. The number of nitrogens with zero attached hydrogens (tertiary/aromatic N) is 2. The molecule has 116 valence electrons. The minimum atomic E-state index is -0.360. The molecule has 0 radical (unpaired) electrons. The molecular weight excluding hydrogens is 269 g/mol. The first kappa shape index (κ1) is 15.8. The van der Waals surface area contributed by atoms with Gasteiger partial charge in [0.05, 0.1) is 11.3 Å². The van der Waals surface area contributed by atoms with Crippen LogP contribution in [0.2, 0.25) is 0 Å². The summed E-state index contributed by atoms with van der Waals surface area (Å²) >= 11 is 0. The van der Waals surface area contributed by atoms with Gasteiger partial charge in [-0.2, -0.15) is 0 Å². The number of amides is 1. The minimum Gasteiger partial charge on any atom is -0.382 e. The van der Waals surface area contributed by atoms with Crippen molar-refractivity contribution in [1.82, 2.24) is 9.80 Å². The van der Waals surface area contributed by atoms with Crippen molar-refractivity contribution in [3.05, 3.63) is 29.6 Å². The van der Waals surface area contributed by atoms with E-state index in [1.807, 2.05) is 11.8 Å². The van der Waals surface area contributed by atoms with Crippen molar-refractivity contribution in [3.8, 4) is 0 Å². The number of hydrogen-bond donors (Lipinski definition) is 1. The van der Waals surface area contributed by atoms with Gasteiger partial charge in [-0.15, -0.1) is 0 Å². The van der Waals surface area contributed by atoms with Crippen molar-refractivity contribution in [1.29, 1.82) is 0 Å². The van der Waals surface area contributed by atoms with E-state index in [0.29, 0.717) is 24.3 Å². The van der Waals surface area contributed by atoms with E-state index in [-0.39, 0.29) is 11.7 Å². The van der Waals surface area contributed by atoms with Crippen LogP contribution < -0.4 is 5.32 Å². The maximum atomic E-state index is 14.0. The Morgan fingerprint density at radius 2 is 2.10 bits per heavy atom. The van der Waals surface area contributed by atoms with Crippen LogP contribution in [-0.2, 0) is 0 Å². The Kier molecular flexibility index (Phi) is 5.56. The normalized spacial score (nSPS) is 16.6. The van der Waals surface area contributed by atoms with Crippen molar-refractivity contribution in [2.24, 2.45) is 0 Å². The summed E-state index contributed by atoms with van der Waals surface area (Å²) in [5, 5.41) is 3.04. The van der Waals surface area contributed by atoms with Crippen LogP contribution in [0.1, 0.15) is 30.1 Å². The lowest BCUT2D eigenvalue weighted by Crippen LogP contribution is -2.35. The number of nitrogens with one attached hydrogen (secondary N) is 1. The zero-order valence-electron chi connectivity index (χ0n) is 12.9. The van der Waals surface area contributed by atoms with Crippen molar-refractivity contribution in [2.45, 2.75) is 19.8 Å². The lowest BCUT2D eigenvalue weighted by atomic mass is 10.1. The molecule has 0 spiro atoms. The van der Waals surface area contributed by atoms with E-state index in [9.17, 15) is 9.18 Å². The summed E-state index contributed by atoms with van der Waals surface area (Å²) in [4.78, 5) is 16.7. The van der Waals surface area contributed by atoms with E-state index in [2.05, 4.69) is 17.3 Å². The second kappa shape index (κ2) is 7.41. The van der Waals surface area contributed by atoms with Crippen LogP contribution in [0.15, 0.2) is 18.2 Å². The summed E-state index contributed by atoms with van der Waals surface area (Å²) in [7, 11) is 2.06. The Bertz CT molecular complexity index is 492. The number of halogens is 1. The molecule has 0 bridgehead atoms. The van der Waals surface area contributed by atoms with Crippen molar-refractivity contribution in [2.75, 3.05) is 45.1 Å². The van der Waals surface area contributed by atoms with Crippen LogP contribution in [0.4, 0.5) is 10.1 Å². The molecule has 21 heavy (non-hydrogen) atoms. The van der Waals surface area contributed by atoms with Crippen molar-refractivity contribution < 1.29 is 9.18 Å². The molecule has 1 amide bonds. The summed E-state index contributed by atoms with van der Waals surface area (Å²) in [5.41, 5.74) is 0.773.